The van der Waals surface area contributed by atoms with E-state index in [-0.39, 0.29) is 18.5 Å². The second-order valence-corrected chi connectivity index (χ2v) is 29.2. The van der Waals surface area contributed by atoms with Gasteiger partial charge in [0.1, 0.15) is 20.1 Å². The summed E-state index contributed by atoms with van der Waals surface area (Å²) in [6.07, 6.45) is 10.0. The van der Waals surface area contributed by atoms with E-state index in [0.29, 0.717) is 77.8 Å². The summed E-state index contributed by atoms with van der Waals surface area (Å²) in [5.74, 6) is 0.538. The number of nitrogens with zero attached hydrogens (tertiary/aromatic N) is 5. The first kappa shape index (κ1) is 47.6. The Balaban J connectivity index is 1.84. The Kier molecular flexibility index (Phi) is 18.9. The van der Waals surface area contributed by atoms with E-state index < -0.39 is 21.7 Å². The first-order chi connectivity index (χ1) is 27.8. The summed E-state index contributed by atoms with van der Waals surface area (Å²) in [6, 6.07) is 12.1. The number of para-hydroxylation sites is 1. The number of benzene rings is 1. The van der Waals surface area contributed by atoms with E-state index in [4.69, 9.17) is 38.5 Å². The number of ether oxygens (including phenoxy) is 6. The van der Waals surface area contributed by atoms with E-state index in [9.17, 15) is 4.79 Å². The molecule has 1 N–H and O–H groups in total. The lowest BCUT2D eigenvalue weighted by Gasteiger charge is -2.38. The summed E-state index contributed by atoms with van der Waals surface area (Å²) in [6.45, 7) is 17.3. The van der Waals surface area contributed by atoms with Crippen molar-refractivity contribution < 1.29 is 33.2 Å². The molecule has 1 aromatic carbocycles. The summed E-state index contributed by atoms with van der Waals surface area (Å²) in [7, 11) is 2.32. The van der Waals surface area contributed by atoms with Gasteiger partial charge in [0.15, 0.2) is 17.1 Å². The van der Waals surface area contributed by atoms with Crippen LogP contribution in [0.15, 0.2) is 52.6 Å². The zero-order valence-corrected chi connectivity index (χ0v) is 39.4. The lowest BCUT2D eigenvalue weighted by molar-refractivity contribution is -0.181. The molecular formula is C42H68N6O7SSi2. The third-order valence-electron chi connectivity index (χ3n) is 10.1. The Bertz CT molecular complexity index is 1750. The number of hydrogen-bond acceptors (Lipinski definition) is 13. The van der Waals surface area contributed by atoms with Crippen molar-refractivity contribution in [1.29, 1.82) is 0 Å². The molecule has 0 aliphatic heterocycles. The molecule has 1 saturated carbocycles. The molecule has 0 radical (unpaired) electrons. The van der Waals surface area contributed by atoms with Crippen LogP contribution in [0.25, 0.3) is 11.2 Å². The summed E-state index contributed by atoms with van der Waals surface area (Å²) in [5, 5.41) is 8.45. The highest BCUT2D eigenvalue weighted by Gasteiger charge is 2.45. The normalized spacial score (nSPS) is 18.0. The van der Waals surface area contributed by atoms with Crippen molar-refractivity contribution in [3.8, 4) is 0 Å². The van der Waals surface area contributed by atoms with Crippen LogP contribution in [-0.2, 0) is 33.2 Å². The van der Waals surface area contributed by atoms with Gasteiger partial charge in [-0.1, -0.05) is 57.5 Å². The van der Waals surface area contributed by atoms with Gasteiger partial charge in [0.2, 0.25) is 0 Å². The minimum absolute atomic E-state index is 0.0251. The number of allylic oxidation sites excluding steroid dienone is 1. The van der Waals surface area contributed by atoms with Crippen LogP contribution in [0.2, 0.25) is 51.4 Å². The third-order valence-corrected chi connectivity index (χ3v) is 14.3. The standard InChI is InChI=1S/C42H68N6O7SSi2/c1-43-28-34(29-44-35-14-12-11-13-15-35)36-30-45-48-39(36)46-37(33-16-18-42(19-17-33,55-23-21-51-3)41(49)54-22-20-50-2)38(56-4)40(48)47(31-52-24-26-57(5,6)7)32-53-25-27-58(8,9)10/h11-15,28-30,33,44H,16-27,31-32H2,1-10H3. The molecule has 0 unspecified atom stereocenters. The number of nitrogens with one attached hydrogen (secondary N) is 1. The molecule has 0 spiro atoms. The van der Waals surface area contributed by atoms with E-state index in [1.165, 1.54) is 0 Å². The lowest BCUT2D eigenvalue weighted by atomic mass is 9.77. The molecule has 0 amide bonds. The Morgan fingerprint density at radius 2 is 1.57 bits per heavy atom. The number of thioether (sulfide) groups is 1. The highest BCUT2D eigenvalue weighted by Crippen LogP contribution is 2.45. The quantitative estimate of drug-likeness (QED) is 0.0220. The number of anilines is 2. The summed E-state index contributed by atoms with van der Waals surface area (Å²) >= 11 is 1.65. The molecule has 2 heterocycles. The molecule has 58 heavy (non-hydrogen) atoms. The predicted molar refractivity (Wildman–Crippen MR) is 242 cm³/mol. The molecule has 2 aromatic heterocycles. The van der Waals surface area contributed by atoms with Crippen molar-refractivity contribution in [1.82, 2.24) is 14.6 Å². The van der Waals surface area contributed by atoms with Crippen molar-refractivity contribution in [3.05, 3.63) is 54.0 Å². The van der Waals surface area contributed by atoms with Gasteiger partial charge in [-0.3, -0.25) is 4.99 Å². The zero-order chi connectivity index (χ0) is 42.2. The molecule has 0 bridgehead atoms. The van der Waals surface area contributed by atoms with Crippen molar-refractivity contribution in [2.75, 3.05) is 90.8 Å². The van der Waals surface area contributed by atoms with Crippen LogP contribution >= 0.6 is 11.8 Å². The Hall–Kier alpha value is -3.10. The molecule has 0 saturated heterocycles. The van der Waals surface area contributed by atoms with E-state index in [1.807, 2.05) is 53.5 Å². The van der Waals surface area contributed by atoms with Gasteiger partial charge >= 0.3 is 5.97 Å². The van der Waals surface area contributed by atoms with Gasteiger partial charge in [-0.2, -0.15) is 9.61 Å². The molecule has 1 aliphatic rings. The fourth-order valence-corrected chi connectivity index (χ4v) is 8.99. The van der Waals surface area contributed by atoms with Crippen LogP contribution < -0.4 is 10.2 Å². The van der Waals surface area contributed by atoms with E-state index in [0.717, 1.165) is 45.3 Å². The van der Waals surface area contributed by atoms with E-state index in [1.54, 1.807) is 33.0 Å². The average molecular weight is 857 g/mol. The number of esters is 1. The van der Waals surface area contributed by atoms with Gasteiger partial charge in [0.25, 0.3) is 0 Å². The molecule has 1 fully saturated rings. The maximum Gasteiger partial charge on any atom is 0.338 e. The number of aromatic nitrogens is 3. The highest BCUT2D eigenvalue weighted by molar-refractivity contribution is 7.98. The first-order valence-electron chi connectivity index (χ1n) is 20.3. The number of rotatable bonds is 25. The molecule has 322 valence electrons. The summed E-state index contributed by atoms with van der Waals surface area (Å²) in [5.41, 5.74) is 3.20. The maximum atomic E-state index is 13.6. The number of aliphatic imine (C=N–C) groups is 1. The lowest BCUT2D eigenvalue weighted by Crippen LogP contribution is -2.46. The fraction of sp³-hybridized carbons (Fsp3) is 0.619. The van der Waals surface area contributed by atoms with Crippen LogP contribution in [0.3, 0.4) is 0 Å². The van der Waals surface area contributed by atoms with Crippen molar-refractivity contribution in [2.24, 2.45) is 4.99 Å². The topological polar surface area (TPSA) is 130 Å². The number of methoxy groups -OCH3 is 2. The van der Waals surface area contributed by atoms with Gasteiger partial charge in [-0.15, -0.1) is 11.8 Å². The van der Waals surface area contributed by atoms with Crippen molar-refractivity contribution in [3.63, 3.8) is 0 Å². The zero-order valence-electron chi connectivity index (χ0n) is 36.6. The van der Waals surface area contributed by atoms with Gasteiger partial charge < -0.3 is 38.6 Å². The molecular weight excluding hydrogens is 789 g/mol. The van der Waals surface area contributed by atoms with E-state index >= 15 is 0 Å². The van der Waals surface area contributed by atoms with Crippen LogP contribution in [-0.4, -0.2) is 129 Å². The summed E-state index contributed by atoms with van der Waals surface area (Å²) in [4.78, 5) is 26.7. The smallest absolute Gasteiger partial charge is 0.338 e. The minimum atomic E-state index is -1.33. The predicted octanol–water partition coefficient (Wildman–Crippen LogP) is 8.28. The largest absolute Gasteiger partial charge is 0.461 e. The average Bonchev–Trinajstić information content (AvgIpc) is 3.61. The van der Waals surface area contributed by atoms with Gasteiger partial charge in [-0.25, -0.2) is 9.78 Å². The number of hydrogen-bond donors (Lipinski definition) is 1. The molecule has 0 atom stereocenters. The van der Waals surface area contributed by atoms with Crippen molar-refractivity contribution in [2.45, 2.75) is 93.5 Å². The number of fused-ring (bicyclic) bond motifs is 1. The second kappa shape index (κ2) is 23.0. The Morgan fingerprint density at radius 1 is 0.948 bits per heavy atom. The van der Waals surface area contributed by atoms with Gasteiger partial charge in [0.05, 0.1) is 36.6 Å². The van der Waals surface area contributed by atoms with Crippen LogP contribution in [0.5, 0.6) is 0 Å². The Labute approximate surface area is 352 Å². The fourth-order valence-electron chi connectivity index (χ4n) is 6.65. The number of carbonyl (C=O) groups is 1. The molecule has 4 rings (SSSR count). The van der Waals surface area contributed by atoms with Crippen LogP contribution in [0.4, 0.5) is 11.5 Å². The maximum absolute atomic E-state index is 13.6. The first-order valence-corrected chi connectivity index (χ1v) is 29.0. The SMILES string of the molecule is CN=CC(=CNc1ccccc1)c1cnn2c(N(COCC[Si](C)(C)C)COCC[Si](C)(C)C)c(SC)c(C3CCC(OCCOC)(C(=O)OCCOC)CC3)nc12. The highest BCUT2D eigenvalue weighted by atomic mass is 32.2. The Morgan fingerprint density at radius 3 is 2.14 bits per heavy atom. The molecule has 1 aliphatic carbocycles. The monoisotopic (exact) mass is 856 g/mol. The molecule has 13 nitrogen and oxygen atoms in total. The van der Waals surface area contributed by atoms with E-state index in [2.05, 4.69) is 60.7 Å². The molecule has 3 aromatic rings. The molecule has 16 heteroatoms. The number of carbonyl (C=O) groups excluding carboxylic acids is 1. The van der Waals surface area contributed by atoms with Crippen LogP contribution in [0.1, 0.15) is 42.9 Å². The van der Waals surface area contributed by atoms with Crippen LogP contribution in [0, 0.1) is 0 Å². The van der Waals surface area contributed by atoms with Crippen molar-refractivity contribution >= 4 is 62.8 Å². The third kappa shape index (κ3) is 14.0. The second-order valence-electron chi connectivity index (χ2n) is 17.1. The van der Waals surface area contributed by atoms with Gasteiger partial charge in [0, 0.05) is 85.8 Å². The summed E-state index contributed by atoms with van der Waals surface area (Å²) < 4.78 is 37.3. The minimum Gasteiger partial charge on any atom is -0.461 e. The van der Waals surface area contributed by atoms with Gasteiger partial charge in [-0.05, 0) is 56.2 Å².